The lowest BCUT2D eigenvalue weighted by Crippen LogP contribution is -2.36. The molecule has 4 rings (SSSR count). The van der Waals surface area contributed by atoms with Crippen LogP contribution < -0.4 is 16.1 Å². The second kappa shape index (κ2) is 7.06. The molecule has 1 atom stereocenters. The summed E-state index contributed by atoms with van der Waals surface area (Å²) in [6.45, 7) is 11.3. The van der Waals surface area contributed by atoms with Crippen molar-refractivity contribution in [2.75, 3.05) is 38.1 Å². The number of nitrogens with one attached hydrogen (secondary N) is 1. The number of rotatable bonds is 5. The fourth-order valence-electron chi connectivity index (χ4n) is 4.33. The van der Waals surface area contributed by atoms with Crippen molar-refractivity contribution in [3.8, 4) is 0 Å². The van der Waals surface area contributed by atoms with Crippen LogP contribution in [0.1, 0.15) is 30.9 Å². The topological polar surface area (TPSA) is 65.7 Å². The first-order valence-electron chi connectivity index (χ1n) is 9.68. The Hall–Kier alpha value is -2.66. The van der Waals surface area contributed by atoms with Crippen LogP contribution in [-0.2, 0) is 0 Å². The average Bonchev–Trinajstić information content (AvgIpc) is 3.37. The van der Waals surface area contributed by atoms with Crippen LogP contribution in [0.25, 0.3) is 15.7 Å². The highest BCUT2D eigenvalue weighted by Crippen LogP contribution is 2.38. The molecule has 1 unspecified atom stereocenters. The van der Waals surface area contributed by atoms with Crippen molar-refractivity contribution in [3.63, 3.8) is 0 Å². The van der Waals surface area contributed by atoms with E-state index in [1.807, 2.05) is 11.9 Å². The van der Waals surface area contributed by atoms with Crippen LogP contribution in [0.4, 0.5) is 10.1 Å². The summed E-state index contributed by atoms with van der Waals surface area (Å²) in [5, 5.41) is 0.232. The van der Waals surface area contributed by atoms with E-state index in [2.05, 4.69) is 14.7 Å². The number of anilines is 1. The quantitative estimate of drug-likeness (QED) is 0.799. The van der Waals surface area contributed by atoms with Gasteiger partial charge in [0.25, 0.3) is 5.56 Å². The molecule has 0 amide bonds. The largest absolute Gasteiger partial charge is 0.367 e. The van der Waals surface area contributed by atoms with Crippen LogP contribution >= 0.6 is 0 Å². The summed E-state index contributed by atoms with van der Waals surface area (Å²) in [4.78, 5) is 34.6. The van der Waals surface area contributed by atoms with Gasteiger partial charge in [-0.3, -0.25) is 19.2 Å². The SMILES string of the molecule is [C-]#[N+]CCN(C)C1CCN(c2c(F)cc3c(=O)[nH]c(=O)n(C4CC4)c3c2C)C1. The standard InChI is InChI=1S/C20H24FN5O2/c1-12-17-15(19(27)23-20(28)26(17)13-4-5-13)10-16(21)18(12)25-8-6-14(11-25)24(3)9-7-22-2/h10,13-14H,4-9,11H2,1,3H3,(H,23,27,28). The Morgan fingerprint density at radius 3 is 2.79 bits per heavy atom. The smallest absolute Gasteiger partial charge is 0.329 e. The van der Waals surface area contributed by atoms with Crippen molar-refractivity contribution in [1.29, 1.82) is 0 Å². The molecule has 0 spiro atoms. The van der Waals surface area contributed by atoms with Crippen LogP contribution in [0.15, 0.2) is 15.7 Å². The summed E-state index contributed by atoms with van der Waals surface area (Å²) in [5.41, 5.74) is 0.725. The number of nitrogens with zero attached hydrogens (tertiary/aromatic N) is 4. The monoisotopic (exact) mass is 385 g/mol. The van der Waals surface area contributed by atoms with Crippen molar-refractivity contribution in [2.45, 2.75) is 38.3 Å². The molecular weight excluding hydrogens is 361 g/mol. The van der Waals surface area contributed by atoms with Gasteiger partial charge < -0.3 is 9.74 Å². The molecule has 2 fully saturated rings. The maximum Gasteiger partial charge on any atom is 0.329 e. The fourth-order valence-corrected chi connectivity index (χ4v) is 4.33. The number of aryl methyl sites for hydroxylation is 1. The number of likely N-dealkylation sites (N-methyl/N-ethyl adjacent to an activating group) is 1. The molecule has 2 aromatic rings. The van der Waals surface area contributed by atoms with E-state index < -0.39 is 17.1 Å². The van der Waals surface area contributed by atoms with E-state index >= 15 is 4.39 Å². The van der Waals surface area contributed by atoms with Gasteiger partial charge in [-0.1, -0.05) is 0 Å². The van der Waals surface area contributed by atoms with E-state index in [9.17, 15) is 9.59 Å². The first kappa shape index (κ1) is 18.7. The highest BCUT2D eigenvalue weighted by molar-refractivity contribution is 5.87. The van der Waals surface area contributed by atoms with E-state index in [1.165, 1.54) is 6.07 Å². The van der Waals surface area contributed by atoms with Gasteiger partial charge in [-0.05, 0) is 39.3 Å². The first-order valence-corrected chi connectivity index (χ1v) is 9.68. The molecule has 0 bridgehead atoms. The maximum atomic E-state index is 15.1. The minimum absolute atomic E-state index is 0.0787. The Morgan fingerprint density at radius 2 is 2.11 bits per heavy atom. The van der Waals surface area contributed by atoms with Gasteiger partial charge in [0.1, 0.15) is 5.82 Å². The van der Waals surface area contributed by atoms with Crippen molar-refractivity contribution >= 4 is 16.6 Å². The predicted octanol–water partition coefficient (Wildman–Crippen LogP) is 1.90. The summed E-state index contributed by atoms with van der Waals surface area (Å²) < 4.78 is 16.7. The van der Waals surface area contributed by atoms with Gasteiger partial charge in [-0.15, -0.1) is 0 Å². The number of aromatic nitrogens is 2. The zero-order chi connectivity index (χ0) is 20.0. The number of benzene rings is 1. The predicted molar refractivity (Wildman–Crippen MR) is 107 cm³/mol. The van der Waals surface area contributed by atoms with Crippen molar-refractivity contribution in [1.82, 2.24) is 14.5 Å². The normalized spacial score (nSPS) is 19.5. The molecule has 1 N–H and O–H groups in total. The zero-order valence-corrected chi connectivity index (χ0v) is 16.2. The van der Waals surface area contributed by atoms with Gasteiger partial charge in [-0.2, -0.15) is 0 Å². The molecule has 1 aliphatic heterocycles. The number of hydrogen-bond acceptors (Lipinski definition) is 4. The second-order valence-electron chi connectivity index (χ2n) is 7.84. The Labute approximate surface area is 162 Å². The van der Waals surface area contributed by atoms with Crippen LogP contribution in [0.3, 0.4) is 0 Å². The summed E-state index contributed by atoms with van der Waals surface area (Å²) >= 11 is 0. The Balaban J connectivity index is 1.77. The van der Waals surface area contributed by atoms with Crippen LogP contribution in [0, 0.1) is 19.3 Å². The lowest BCUT2D eigenvalue weighted by molar-refractivity contribution is 0.270. The molecule has 1 saturated heterocycles. The first-order chi connectivity index (χ1) is 13.4. The third-order valence-corrected chi connectivity index (χ3v) is 5.97. The number of fused-ring (bicyclic) bond motifs is 1. The van der Waals surface area contributed by atoms with Gasteiger partial charge in [0.2, 0.25) is 6.54 Å². The molecule has 7 nitrogen and oxygen atoms in total. The van der Waals surface area contributed by atoms with E-state index in [0.29, 0.717) is 42.9 Å². The molecule has 1 aliphatic carbocycles. The number of hydrogen-bond donors (Lipinski definition) is 1. The number of H-pyrrole nitrogens is 1. The molecule has 148 valence electrons. The Kier molecular flexibility index (Phi) is 4.71. The number of aromatic amines is 1. The Bertz CT molecular complexity index is 1080. The highest BCUT2D eigenvalue weighted by atomic mass is 19.1. The molecule has 1 saturated carbocycles. The van der Waals surface area contributed by atoms with Crippen LogP contribution in [0.5, 0.6) is 0 Å². The van der Waals surface area contributed by atoms with Crippen molar-refractivity contribution in [3.05, 3.63) is 49.7 Å². The highest BCUT2D eigenvalue weighted by Gasteiger charge is 2.32. The maximum absolute atomic E-state index is 15.1. The van der Waals surface area contributed by atoms with Crippen LogP contribution in [0.2, 0.25) is 0 Å². The summed E-state index contributed by atoms with van der Waals surface area (Å²) in [6.07, 6.45) is 2.67. The zero-order valence-electron chi connectivity index (χ0n) is 16.2. The molecular formula is C20H24FN5O2. The third-order valence-electron chi connectivity index (χ3n) is 5.97. The fraction of sp³-hybridized carbons (Fsp3) is 0.550. The van der Waals surface area contributed by atoms with Gasteiger partial charge in [-0.25, -0.2) is 15.8 Å². The molecule has 2 heterocycles. The summed E-state index contributed by atoms with van der Waals surface area (Å²) in [6, 6.07) is 1.60. The number of halogens is 1. The lowest BCUT2D eigenvalue weighted by Gasteiger charge is -2.26. The average molecular weight is 385 g/mol. The van der Waals surface area contributed by atoms with Gasteiger partial charge in [0.15, 0.2) is 0 Å². The van der Waals surface area contributed by atoms with E-state index in [4.69, 9.17) is 6.57 Å². The van der Waals surface area contributed by atoms with E-state index in [0.717, 1.165) is 19.3 Å². The van der Waals surface area contributed by atoms with Gasteiger partial charge in [0, 0.05) is 30.7 Å². The molecule has 0 radical (unpaired) electrons. The van der Waals surface area contributed by atoms with Crippen LogP contribution in [-0.4, -0.2) is 53.7 Å². The van der Waals surface area contributed by atoms with E-state index in [-0.39, 0.29) is 17.5 Å². The molecule has 1 aromatic heterocycles. The third kappa shape index (κ3) is 3.10. The molecule has 8 heteroatoms. The molecule has 2 aliphatic rings. The minimum Gasteiger partial charge on any atom is -0.367 e. The molecule has 1 aromatic carbocycles. The van der Waals surface area contributed by atoms with Crippen molar-refractivity contribution < 1.29 is 4.39 Å². The van der Waals surface area contributed by atoms with Gasteiger partial charge in [0.05, 0.1) is 23.1 Å². The summed E-state index contributed by atoms with van der Waals surface area (Å²) in [7, 11) is 1.99. The second-order valence-corrected chi connectivity index (χ2v) is 7.84. The van der Waals surface area contributed by atoms with Gasteiger partial charge >= 0.3 is 5.69 Å². The summed E-state index contributed by atoms with van der Waals surface area (Å²) in [5.74, 6) is -0.430. The Morgan fingerprint density at radius 1 is 1.36 bits per heavy atom. The molecule has 28 heavy (non-hydrogen) atoms. The van der Waals surface area contributed by atoms with E-state index in [1.54, 1.807) is 11.5 Å². The van der Waals surface area contributed by atoms with Crippen molar-refractivity contribution in [2.24, 2.45) is 0 Å². The lowest BCUT2D eigenvalue weighted by atomic mass is 10.1. The minimum atomic E-state index is -0.538.